The van der Waals surface area contributed by atoms with Crippen LogP contribution >= 0.6 is 0 Å². The highest BCUT2D eigenvalue weighted by molar-refractivity contribution is 5.98. The van der Waals surface area contributed by atoms with E-state index in [0.29, 0.717) is 35.2 Å². The quantitative estimate of drug-likeness (QED) is 0.249. The average molecular weight is 514 g/mol. The first kappa shape index (κ1) is 27.4. The summed E-state index contributed by atoms with van der Waals surface area (Å²) in [4.78, 5) is 27.7. The summed E-state index contributed by atoms with van der Waals surface area (Å²) in [6.45, 7) is 10.1. The van der Waals surface area contributed by atoms with Gasteiger partial charge in [-0.2, -0.15) is 5.10 Å². The molecule has 0 aliphatic rings. The zero-order chi connectivity index (χ0) is 27.1. The number of hydrogen-bond acceptors (Lipinski definition) is 7. The van der Waals surface area contributed by atoms with Gasteiger partial charge < -0.3 is 15.1 Å². The molecule has 1 atom stereocenters. The first-order valence-corrected chi connectivity index (χ1v) is 13.5. The molecule has 1 N–H and O–H groups in total. The third kappa shape index (κ3) is 6.62. The van der Waals surface area contributed by atoms with Crippen molar-refractivity contribution in [1.29, 1.82) is 0 Å². The molecule has 1 aromatic carbocycles. The van der Waals surface area contributed by atoms with E-state index in [-0.39, 0.29) is 5.78 Å². The highest BCUT2D eigenvalue weighted by Gasteiger charge is 2.18. The Kier molecular flexibility index (Phi) is 9.20. The minimum atomic E-state index is 0.123. The molecule has 0 aliphatic heterocycles. The van der Waals surface area contributed by atoms with E-state index < -0.39 is 0 Å². The number of pyridine rings is 1. The summed E-state index contributed by atoms with van der Waals surface area (Å²) < 4.78 is 1.75. The minimum Gasteiger partial charge on any atom is -0.369 e. The van der Waals surface area contributed by atoms with Gasteiger partial charge in [0, 0.05) is 42.9 Å². The van der Waals surface area contributed by atoms with E-state index in [2.05, 4.69) is 41.0 Å². The van der Waals surface area contributed by atoms with E-state index in [0.717, 1.165) is 49.4 Å². The van der Waals surface area contributed by atoms with Crippen LogP contribution in [0.3, 0.4) is 0 Å². The molecule has 8 nitrogen and oxygen atoms in total. The van der Waals surface area contributed by atoms with Crippen molar-refractivity contribution in [3.05, 3.63) is 66.5 Å². The van der Waals surface area contributed by atoms with Crippen molar-refractivity contribution in [1.82, 2.24) is 29.4 Å². The first-order chi connectivity index (χ1) is 18.4. The summed E-state index contributed by atoms with van der Waals surface area (Å²) in [5, 5.41) is 7.91. The Morgan fingerprint density at radius 1 is 1.03 bits per heavy atom. The van der Waals surface area contributed by atoms with Gasteiger partial charge in [0.2, 0.25) is 0 Å². The highest BCUT2D eigenvalue weighted by Crippen LogP contribution is 2.27. The van der Waals surface area contributed by atoms with Gasteiger partial charge in [0.05, 0.1) is 23.1 Å². The van der Waals surface area contributed by atoms with Crippen LogP contribution in [-0.2, 0) is 0 Å². The minimum absolute atomic E-state index is 0.123. The second-order valence-corrected chi connectivity index (χ2v) is 9.89. The van der Waals surface area contributed by atoms with Crippen LogP contribution in [0.15, 0.2) is 60.9 Å². The second-order valence-electron chi connectivity index (χ2n) is 9.89. The lowest BCUT2D eigenvalue weighted by Gasteiger charge is -2.26. The Bertz CT molecular complexity index is 1350. The molecule has 0 aliphatic carbocycles. The molecule has 38 heavy (non-hydrogen) atoms. The number of aromatic nitrogens is 4. The molecular weight excluding hydrogens is 474 g/mol. The van der Waals surface area contributed by atoms with Gasteiger partial charge in [-0.3, -0.25) is 4.79 Å². The average Bonchev–Trinajstić information content (AvgIpc) is 3.36. The SMILES string of the molecule is CCN(CC)[C@@H](C)CCC(=O)c1cc(NCCN(C)C)nc(-c2cnn3ccc(-c4ccccc4)nc23)c1. The van der Waals surface area contributed by atoms with Crippen molar-refractivity contribution < 1.29 is 4.79 Å². The maximum atomic E-state index is 13.4. The lowest BCUT2D eigenvalue weighted by Crippen LogP contribution is -2.33. The normalized spacial score (nSPS) is 12.4. The number of Topliss-reactive ketones (excluding diaryl/α,β-unsaturated/α-hetero) is 1. The van der Waals surface area contributed by atoms with Crippen LogP contribution in [0, 0.1) is 0 Å². The summed E-state index contributed by atoms with van der Waals surface area (Å²) >= 11 is 0. The molecule has 200 valence electrons. The molecule has 0 unspecified atom stereocenters. The number of benzene rings is 1. The molecule has 8 heteroatoms. The lowest BCUT2D eigenvalue weighted by atomic mass is 10.0. The van der Waals surface area contributed by atoms with E-state index in [1.807, 2.05) is 68.8 Å². The van der Waals surface area contributed by atoms with E-state index in [1.54, 1.807) is 10.7 Å². The number of carbonyl (C=O) groups excluding carboxylic acids is 1. The number of anilines is 1. The van der Waals surface area contributed by atoms with Crippen LogP contribution in [0.1, 0.15) is 44.0 Å². The maximum Gasteiger partial charge on any atom is 0.164 e. The zero-order valence-electron chi connectivity index (χ0n) is 23.2. The van der Waals surface area contributed by atoms with Gasteiger partial charge in [-0.05, 0) is 58.7 Å². The summed E-state index contributed by atoms with van der Waals surface area (Å²) in [5.41, 5.74) is 4.75. The molecule has 0 amide bonds. The number of carbonyl (C=O) groups is 1. The molecular formula is C30H39N7O. The molecule has 0 spiro atoms. The molecule has 3 heterocycles. The number of ketones is 1. The molecule has 4 rings (SSSR count). The number of likely N-dealkylation sites (N-methyl/N-ethyl adjacent to an activating group) is 1. The van der Waals surface area contributed by atoms with Gasteiger partial charge in [-0.25, -0.2) is 14.5 Å². The number of hydrogen-bond donors (Lipinski definition) is 1. The largest absolute Gasteiger partial charge is 0.369 e. The Morgan fingerprint density at radius 2 is 1.79 bits per heavy atom. The van der Waals surface area contributed by atoms with E-state index in [4.69, 9.17) is 9.97 Å². The molecule has 0 fully saturated rings. The molecule has 0 saturated heterocycles. The van der Waals surface area contributed by atoms with E-state index in [9.17, 15) is 4.79 Å². The van der Waals surface area contributed by atoms with Crippen molar-refractivity contribution in [2.45, 2.75) is 39.7 Å². The van der Waals surface area contributed by atoms with Crippen molar-refractivity contribution >= 4 is 17.2 Å². The van der Waals surface area contributed by atoms with Crippen LogP contribution in [0.2, 0.25) is 0 Å². The fourth-order valence-corrected chi connectivity index (χ4v) is 4.66. The molecule has 0 bridgehead atoms. The van der Waals surface area contributed by atoms with Gasteiger partial charge in [0.1, 0.15) is 5.82 Å². The Morgan fingerprint density at radius 3 is 2.50 bits per heavy atom. The Balaban J connectivity index is 1.67. The highest BCUT2D eigenvalue weighted by atomic mass is 16.1. The van der Waals surface area contributed by atoms with E-state index >= 15 is 0 Å². The number of nitrogens with one attached hydrogen (secondary N) is 1. The summed E-state index contributed by atoms with van der Waals surface area (Å²) in [7, 11) is 4.07. The van der Waals surface area contributed by atoms with Crippen LogP contribution in [0.5, 0.6) is 0 Å². The van der Waals surface area contributed by atoms with E-state index in [1.165, 1.54) is 0 Å². The zero-order valence-corrected chi connectivity index (χ0v) is 23.2. The predicted molar refractivity (Wildman–Crippen MR) is 155 cm³/mol. The van der Waals surface area contributed by atoms with Crippen LogP contribution in [0.25, 0.3) is 28.2 Å². The molecule has 0 radical (unpaired) electrons. The van der Waals surface area contributed by atoms with Crippen molar-refractivity contribution in [3.8, 4) is 22.5 Å². The standard InChI is InChI=1S/C30H39N7O/c1-6-36(7-2)22(3)13-14-28(38)24-19-27(33-29(20-24)31-16-18-35(4)5)25-21-32-37-17-15-26(34-30(25)37)23-11-9-8-10-12-23/h8-12,15,17,19-22H,6-7,13-14,16,18H2,1-5H3,(H,31,33)/t22-/m0/s1. The van der Waals surface area contributed by atoms with Gasteiger partial charge >= 0.3 is 0 Å². The maximum absolute atomic E-state index is 13.4. The van der Waals surface area contributed by atoms with Crippen molar-refractivity contribution in [2.75, 3.05) is 45.6 Å². The lowest BCUT2D eigenvalue weighted by molar-refractivity contribution is 0.0964. The molecule has 0 saturated carbocycles. The predicted octanol–water partition coefficient (Wildman–Crippen LogP) is 5.13. The number of nitrogens with zero attached hydrogens (tertiary/aromatic N) is 6. The second kappa shape index (κ2) is 12.8. The first-order valence-electron chi connectivity index (χ1n) is 13.5. The fraction of sp³-hybridized carbons (Fsp3) is 0.400. The van der Waals surface area contributed by atoms with Gasteiger partial charge in [0.15, 0.2) is 11.4 Å². The third-order valence-corrected chi connectivity index (χ3v) is 6.95. The summed E-state index contributed by atoms with van der Waals surface area (Å²) in [5.74, 6) is 0.806. The Labute approximate surface area is 225 Å². The summed E-state index contributed by atoms with van der Waals surface area (Å²) in [6, 6.07) is 16.1. The van der Waals surface area contributed by atoms with Crippen molar-refractivity contribution in [2.24, 2.45) is 0 Å². The smallest absolute Gasteiger partial charge is 0.164 e. The fourth-order valence-electron chi connectivity index (χ4n) is 4.66. The van der Waals surface area contributed by atoms with Crippen LogP contribution in [0.4, 0.5) is 5.82 Å². The molecule has 3 aromatic heterocycles. The third-order valence-electron chi connectivity index (χ3n) is 6.95. The Hall–Kier alpha value is -3.62. The topological polar surface area (TPSA) is 78.7 Å². The van der Waals surface area contributed by atoms with Gasteiger partial charge in [0.25, 0.3) is 0 Å². The number of fused-ring (bicyclic) bond motifs is 1. The van der Waals surface area contributed by atoms with Crippen LogP contribution in [-0.4, -0.2) is 81.5 Å². The number of rotatable bonds is 13. The van der Waals surface area contributed by atoms with Crippen molar-refractivity contribution in [3.63, 3.8) is 0 Å². The van der Waals surface area contributed by atoms with Gasteiger partial charge in [-0.1, -0.05) is 44.2 Å². The monoisotopic (exact) mass is 513 g/mol. The molecule has 4 aromatic rings. The van der Waals surface area contributed by atoms with Crippen LogP contribution < -0.4 is 5.32 Å². The summed E-state index contributed by atoms with van der Waals surface area (Å²) in [6.07, 6.45) is 5.00. The van der Waals surface area contributed by atoms with Gasteiger partial charge in [-0.15, -0.1) is 0 Å².